The maximum atomic E-state index is 4.39. The number of anilines is 1. The van der Waals surface area contributed by atoms with Crippen LogP contribution in [0.1, 0.15) is 18.5 Å². The minimum atomic E-state index is 0.472. The Hall–Kier alpha value is -2.47. The van der Waals surface area contributed by atoms with Crippen LogP contribution in [0.4, 0.5) is 5.00 Å². The number of thiophene rings is 1. The van der Waals surface area contributed by atoms with Crippen LogP contribution in [-0.2, 0) is 6.54 Å². The molecular formula is C20H25N5S. The zero-order valence-electron chi connectivity index (χ0n) is 15.0. The number of benzene rings is 1. The van der Waals surface area contributed by atoms with Gasteiger partial charge < -0.3 is 20.5 Å². The summed E-state index contributed by atoms with van der Waals surface area (Å²) >= 11 is 1.82. The molecule has 1 aliphatic heterocycles. The van der Waals surface area contributed by atoms with E-state index in [4.69, 9.17) is 0 Å². The number of piperidine rings is 1. The fourth-order valence-corrected chi connectivity index (χ4v) is 4.28. The summed E-state index contributed by atoms with van der Waals surface area (Å²) in [7, 11) is 1.83. The van der Waals surface area contributed by atoms with Gasteiger partial charge in [0.1, 0.15) is 0 Å². The molecule has 5 nitrogen and oxygen atoms in total. The van der Waals surface area contributed by atoms with E-state index in [-0.39, 0.29) is 0 Å². The van der Waals surface area contributed by atoms with Crippen LogP contribution in [-0.4, -0.2) is 37.1 Å². The van der Waals surface area contributed by atoms with Crippen molar-refractivity contribution in [2.75, 3.05) is 25.0 Å². The Morgan fingerprint density at radius 1 is 1.23 bits per heavy atom. The molecule has 26 heavy (non-hydrogen) atoms. The van der Waals surface area contributed by atoms with Crippen molar-refractivity contribution in [3.8, 4) is 0 Å². The highest BCUT2D eigenvalue weighted by Gasteiger charge is 2.20. The van der Waals surface area contributed by atoms with E-state index in [1.807, 2.05) is 18.4 Å². The molecule has 2 aromatic heterocycles. The lowest BCUT2D eigenvalue weighted by Crippen LogP contribution is -2.48. The van der Waals surface area contributed by atoms with Crippen LogP contribution in [0.15, 0.2) is 52.8 Å². The first-order valence-electron chi connectivity index (χ1n) is 9.14. The van der Waals surface area contributed by atoms with Crippen molar-refractivity contribution in [1.29, 1.82) is 0 Å². The average Bonchev–Trinajstić information content (AvgIpc) is 3.35. The quantitative estimate of drug-likeness (QED) is 0.488. The maximum absolute atomic E-state index is 4.39. The predicted molar refractivity (Wildman–Crippen MR) is 111 cm³/mol. The second-order valence-corrected chi connectivity index (χ2v) is 7.59. The van der Waals surface area contributed by atoms with Gasteiger partial charge in [-0.15, -0.1) is 11.3 Å². The summed E-state index contributed by atoms with van der Waals surface area (Å²) < 4.78 is 0. The number of guanidine groups is 1. The average molecular weight is 368 g/mol. The molecular weight excluding hydrogens is 342 g/mol. The smallest absolute Gasteiger partial charge is 0.191 e. The largest absolute Gasteiger partial charge is 0.363 e. The Morgan fingerprint density at radius 2 is 2.08 bits per heavy atom. The van der Waals surface area contributed by atoms with Gasteiger partial charge in [0.2, 0.25) is 0 Å². The Balaban J connectivity index is 1.28. The summed E-state index contributed by atoms with van der Waals surface area (Å²) in [5.41, 5.74) is 2.34. The second kappa shape index (κ2) is 7.83. The van der Waals surface area contributed by atoms with Crippen LogP contribution in [0, 0.1) is 0 Å². The fraction of sp³-hybridized carbons (Fsp3) is 0.350. The lowest BCUT2D eigenvalue weighted by molar-refractivity contribution is 0.462. The van der Waals surface area contributed by atoms with Crippen LogP contribution >= 0.6 is 11.3 Å². The van der Waals surface area contributed by atoms with E-state index in [1.54, 1.807) is 0 Å². The van der Waals surface area contributed by atoms with Crippen LogP contribution in [0.3, 0.4) is 0 Å². The minimum Gasteiger partial charge on any atom is -0.363 e. The number of nitrogens with zero attached hydrogens (tertiary/aromatic N) is 2. The van der Waals surface area contributed by atoms with Gasteiger partial charge in [-0.3, -0.25) is 4.99 Å². The number of aromatic amines is 1. The van der Waals surface area contributed by atoms with E-state index in [1.165, 1.54) is 21.6 Å². The Morgan fingerprint density at radius 3 is 2.81 bits per heavy atom. The number of hydrogen-bond acceptors (Lipinski definition) is 3. The standard InChI is InChI=1S/C20H25N5S/c1-21-20(22-14-17-13-15-5-2-3-6-18(15)23-17)24-16-8-10-25(11-9-16)19-7-4-12-26-19/h2-7,12-13,16,23H,8-11,14H2,1H3,(H2,21,22,24). The highest BCUT2D eigenvalue weighted by atomic mass is 32.1. The summed E-state index contributed by atoms with van der Waals surface area (Å²) in [5, 5.41) is 11.8. The molecule has 0 unspecified atom stereocenters. The first-order valence-corrected chi connectivity index (χ1v) is 10.0. The third-order valence-corrected chi connectivity index (χ3v) is 5.84. The van der Waals surface area contributed by atoms with E-state index in [0.29, 0.717) is 6.04 Å². The van der Waals surface area contributed by atoms with Gasteiger partial charge in [0, 0.05) is 37.4 Å². The van der Waals surface area contributed by atoms with E-state index in [0.717, 1.165) is 38.4 Å². The number of H-pyrrole nitrogens is 1. The number of fused-ring (bicyclic) bond motifs is 1. The lowest BCUT2D eigenvalue weighted by atomic mass is 10.1. The molecule has 3 N–H and O–H groups in total. The number of hydrogen-bond donors (Lipinski definition) is 3. The molecule has 3 aromatic rings. The van der Waals surface area contributed by atoms with E-state index < -0.39 is 0 Å². The monoisotopic (exact) mass is 367 g/mol. The summed E-state index contributed by atoms with van der Waals surface area (Å²) in [6.07, 6.45) is 2.26. The van der Waals surface area contributed by atoms with Crippen LogP contribution in [0.25, 0.3) is 10.9 Å². The van der Waals surface area contributed by atoms with Gasteiger partial charge in [0.05, 0.1) is 11.5 Å². The molecule has 3 heterocycles. The lowest BCUT2D eigenvalue weighted by Gasteiger charge is -2.33. The molecule has 1 saturated heterocycles. The van der Waals surface area contributed by atoms with Crippen molar-refractivity contribution in [3.05, 3.63) is 53.5 Å². The molecule has 6 heteroatoms. The third kappa shape index (κ3) is 3.85. The normalized spacial score (nSPS) is 16.2. The molecule has 0 radical (unpaired) electrons. The topological polar surface area (TPSA) is 55.5 Å². The molecule has 0 atom stereocenters. The van der Waals surface area contributed by atoms with Crippen molar-refractivity contribution < 1.29 is 0 Å². The zero-order chi connectivity index (χ0) is 17.8. The maximum Gasteiger partial charge on any atom is 0.191 e. The summed E-state index contributed by atoms with van der Waals surface area (Å²) in [4.78, 5) is 10.3. The molecule has 136 valence electrons. The van der Waals surface area contributed by atoms with Crippen LogP contribution in [0.5, 0.6) is 0 Å². The third-order valence-electron chi connectivity index (χ3n) is 4.91. The van der Waals surface area contributed by atoms with Crippen LogP contribution in [0.2, 0.25) is 0 Å². The first-order chi connectivity index (χ1) is 12.8. The fourth-order valence-electron chi connectivity index (χ4n) is 3.49. The molecule has 0 amide bonds. The van der Waals surface area contributed by atoms with E-state index >= 15 is 0 Å². The minimum absolute atomic E-state index is 0.472. The molecule has 4 rings (SSSR count). The number of aromatic nitrogens is 1. The van der Waals surface area contributed by atoms with Crippen molar-refractivity contribution in [3.63, 3.8) is 0 Å². The van der Waals surface area contributed by atoms with Gasteiger partial charge in [0.15, 0.2) is 5.96 Å². The SMILES string of the molecule is CN=C(NCc1cc2ccccc2[nH]1)NC1CCN(c2cccs2)CC1. The van der Waals surface area contributed by atoms with Crippen molar-refractivity contribution >= 4 is 33.2 Å². The predicted octanol–water partition coefficient (Wildman–Crippen LogP) is 3.56. The number of para-hydroxylation sites is 1. The molecule has 0 spiro atoms. The molecule has 1 fully saturated rings. The van der Waals surface area contributed by atoms with Crippen molar-refractivity contribution in [2.45, 2.75) is 25.4 Å². The molecule has 0 saturated carbocycles. The van der Waals surface area contributed by atoms with E-state index in [9.17, 15) is 0 Å². The summed E-state index contributed by atoms with van der Waals surface area (Å²) in [5.74, 6) is 0.873. The second-order valence-electron chi connectivity index (χ2n) is 6.66. The zero-order valence-corrected chi connectivity index (χ0v) is 15.9. The summed E-state index contributed by atoms with van der Waals surface area (Å²) in [6.45, 7) is 2.93. The van der Waals surface area contributed by atoms with Gasteiger partial charge in [-0.25, -0.2) is 0 Å². The molecule has 1 aromatic carbocycles. The Bertz CT molecular complexity index is 826. The van der Waals surface area contributed by atoms with Gasteiger partial charge in [-0.1, -0.05) is 18.2 Å². The van der Waals surface area contributed by atoms with Gasteiger partial charge in [-0.05, 0) is 47.9 Å². The van der Waals surface area contributed by atoms with Gasteiger partial charge in [0.25, 0.3) is 0 Å². The number of rotatable bonds is 4. The van der Waals surface area contributed by atoms with Crippen molar-refractivity contribution in [2.24, 2.45) is 4.99 Å². The Kier molecular flexibility index (Phi) is 5.11. The van der Waals surface area contributed by atoms with E-state index in [2.05, 4.69) is 73.4 Å². The van der Waals surface area contributed by atoms with Crippen LogP contribution < -0.4 is 15.5 Å². The first kappa shape index (κ1) is 17.0. The molecule has 0 bridgehead atoms. The highest BCUT2D eigenvalue weighted by molar-refractivity contribution is 7.14. The number of aliphatic imine (C=N–C) groups is 1. The summed E-state index contributed by atoms with van der Waals surface area (Å²) in [6, 6.07) is 15.3. The molecule has 0 aliphatic carbocycles. The Labute approximate surface area is 158 Å². The van der Waals surface area contributed by atoms with Gasteiger partial charge in [-0.2, -0.15) is 0 Å². The van der Waals surface area contributed by atoms with Crippen molar-refractivity contribution in [1.82, 2.24) is 15.6 Å². The van der Waals surface area contributed by atoms with Gasteiger partial charge >= 0.3 is 0 Å². The number of nitrogens with one attached hydrogen (secondary N) is 3. The highest BCUT2D eigenvalue weighted by Crippen LogP contribution is 2.24. The molecule has 1 aliphatic rings.